The highest BCUT2D eigenvalue weighted by Crippen LogP contribution is 2.23. The first-order chi connectivity index (χ1) is 9.65. The van der Waals surface area contributed by atoms with E-state index >= 15 is 0 Å². The van der Waals surface area contributed by atoms with E-state index in [1.54, 1.807) is 6.26 Å². The highest BCUT2D eigenvalue weighted by molar-refractivity contribution is 4.96. The number of nitrogens with zero attached hydrogens (tertiary/aromatic N) is 1. The molecule has 1 aliphatic rings. The SMILES string of the molecule is CC(C)CC1CCCN1CC(O)COCc1ccco1. The molecule has 114 valence electrons. The summed E-state index contributed by atoms with van der Waals surface area (Å²) in [7, 11) is 0. The Morgan fingerprint density at radius 3 is 3.05 bits per heavy atom. The Bertz CT molecular complexity index is 364. The first kappa shape index (κ1) is 15.5. The third-order valence-corrected chi connectivity index (χ3v) is 3.82. The van der Waals surface area contributed by atoms with Crippen LogP contribution in [0.3, 0.4) is 0 Å². The zero-order valence-corrected chi connectivity index (χ0v) is 12.6. The number of aliphatic hydroxyl groups is 1. The lowest BCUT2D eigenvalue weighted by Gasteiger charge is -2.27. The van der Waals surface area contributed by atoms with Crippen molar-refractivity contribution < 1.29 is 14.3 Å². The normalized spacial score (nSPS) is 21.7. The Kier molecular flexibility index (Phi) is 6.07. The summed E-state index contributed by atoms with van der Waals surface area (Å²) in [6, 6.07) is 4.36. The number of ether oxygens (including phenoxy) is 1. The average Bonchev–Trinajstić information content (AvgIpc) is 3.01. The molecule has 0 radical (unpaired) electrons. The van der Waals surface area contributed by atoms with E-state index in [1.165, 1.54) is 19.3 Å². The van der Waals surface area contributed by atoms with Crippen molar-refractivity contribution in [1.82, 2.24) is 4.90 Å². The average molecular weight is 281 g/mol. The van der Waals surface area contributed by atoms with Gasteiger partial charge in [-0.2, -0.15) is 0 Å². The van der Waals surface area contributed by atoms with Gasteiger partial charge in [0.05, 0.1) is 19.0 Å². The lowest BCUT2D eigenvalue weighted by atomic mass is 10.0. The molecule has 2 heterocycles. The number of furan rings is 1. The lowest BCUT2D eigenvalue weighted by molar-refractivity contribution is 0.00214. The summed E-state index contributed by atoms with van der Waals surface area (Å²) >= 11 is 0. The van der Waals surface area contributed by atoms with Crippen LogP contribution in [0.2, 0.25) is 0 Å². The number of β-amino-alcohol motifs (C(OH)–C–C–N with tert-alkyl or cyclic N) is 1. The molecular formula is C16H27NO3. The second-order valence-electron chi connectivity index (χ2n) is 6.17. The fourth-order valence-corrected chi connectivity index (χ4v) is 2.96. The Hall–Kier alpha value is -0.840. The molecule has 1 aliphatic heterocycles. The largest absolute Gasteiger partial charge is 0.467 e. The van der Waals surface area contributed by atoms with Gasteiger partial charge in [-0.15, -0.1) is 0 Å². The molecule has 4 heteroatoms. The van der Waals surface area contributed by atoms with Crippen molar-refractivity contribution >= 4 is 0 Å². The van der Waals surface area contributed by atoms with Gasteiger partial charge in [-0.05, 0) is 43.9 Å². The predicted molar refractivity (Wildman–Crippen MR) is 78.4 cm³/mol. The minimum Gasteiger partial charge on any atom is -0.467 e. The molecule has 1 saturated heterocycles. The van der Waals surface area contributed by atoms with Gasteiger partial charge in [0.25, 0.3) is 0 Å². The van der Waals surface area contributed by atoms with E-state index in [-0.39, 0.29) is 0 Å². The Labute approximate surface area is 121 Å². The molecule has 2 unspecified atom stereocenters. The van der Waals surface area contributed by atoms with E-state index in [9.17, 15) is 5.11 Å². The molecule has 2 atom stereocenters. The van der Waals surface area contributed by atoms with Crippen LogP contribution in [0, 0.1) is 5.92 Å². The van der Waals surface area contributed by atoms with Gasteiger partial charge in [0.2, 0.25) is 0 Å². The van der Waals surface area contributed by atoms with Crippen LogP contribution in [0.15, 0.2) is 22.8 Å². The van der Waals surface area contributed by atoms with Crippen LogP contribution in [0.5, 0.6) is 0 Å². The van der Waals surface area contributed by atoms with Crippen molar-refractivity contribution in [2.45, 2.75) is 51.9 Å². The van der Waals surface area contributed by atoms with Crippen molar-refractivity contribution in [2.24, 2.45) is 5.92 Å². The number of aliphatic hydroxyl groups excluding tert-OH is 1. The summed E-state index contributed by atoms with van der Waals surface area (Å²) < 4.78 is 10.7. The Morgan fingerprint density at radius 2 is 2.35 bits per heavy atom. The van der Waals surface area contributed by atoms with Crippen LogP contribution in [0.1, 0.15) is 38.9 Å². The van der Waals surface area contributed by atoms with Crippen LogP contribution >= 0.6 is 0 Å². The summed E-state index contributed by atoms with van der Waals surface area (Å²) in [5.74, 6) is 1.52. The molecule has 4 nitrogen and oxygen atoms in total. The summed E-state index contributed by atoms with van der Waals surface area (Å²) in [6.45, 7) is 7.14. The standard InChI is InChI=1S/C16H27NO3/c1-13(2)9-14-5-3-7-17(14)10-15(18)11-19-12-16-6-4-8-20-16/h4,6,8,13-15,18H,3,5,7,9-12H2,1-2H3. The maximum absolute atomic E-state index is 10.1. The molecule has 0 aromatic carbocycles. The zero-order valence-electron chi connectivity index (χ0n) is 12.6. The summed E-state index contributed by atoms with van der Waals surface area (Å²) in [6.07, 6.45) is 4.95. The van der Waals surface area contributed by atoms with Gasteiger partial charge in [-0.25, -0.2) is 0 Å². The van der Waals surface area contributed by atoms with Gasteiger partial charge in [-0.1, -0.05) is 13.8 Å². The molecule has 1 aromatic heterocycles. The van der Waals surface area contributed by atoms with Gasteiger partial charge in [0, 0.05) is 12.6 Å². The predicted octanol–water partition coefficient (Wildman–Crippen LogP) is 2.67. The summed E-state index contributed by atoms with van der Waals surface area (Å²) in [5, 5.41) is 10.1. The molecule has 0 spiro atoms. The van der Waals surface area contributed by atoms with Crippen molar-refractivity contribution in [3.05, 3.63) is 24.2 Å². The molecule has 0 bridgehead atoms. The smallest absolute Gasteiger partial charge is 0.129 e. The van der Waals surface area contributed by atoms with Crippen molar-refractivity contribution in [2.75, 3.05) is 19.7 Å². The number of likely N-dealkylation sites (tertiary alicyclic amines) is 1. The first-order valence-corrected chi connectivity index (χ1v) is 7.67. The van der Waals surface area contributed by atoms with Gasteiger partial charge in [0.1, 0.15) is 12.4 Å². The van der Waals surface area contributed by atoms with E-state index in [0.29, 0.717) is 25.2 Å². The number of hydrogen-bond acceptors (Lipinski definition) is 4. The van der Waals surface area contributed by atoms with Crippen molar-refractivity contribution in [1.29, 1.82) is 0 Å². The quantitative estimate of drug-likeness (QED) is 0.796. The Morgan fingerprint density at radius 1 is 1.50 bits per heavy atom. The third kappa shape index (κ3) is 4.93. The Balaban J connectivity index is 1.66. The van der Waals surface area contributed by atoms with Crippen LogP contribution in [-0.4, -0.2) is 41.8 Å². The lowest BCUT2D eigenvalue weighted by Crippen LogP contribution is -2.38. The van der Waals surface area contributed by atoms with E-state index in [1.807, 2.05) is 12.1 Å². The molecule has 0 aliphatic carbocycles. The number of rotatable bonds is 8. The second-order valence-corrected chi connectivity index (χ2v) is 6.17. The molecule has 2 rings (SSSR count). The molecule has 0 saturated carbocycles. The fraction of sp³-hybridized carbons (Fsp3) is 0.750. The minimum atomic E-state index is -0.419. The van der Waals surface area contributed by atoms with Gasteiger partial charge < -0.3 is 14.3 Å². The van der Waals surface area contributed by atoms with E-state index in [4.69, 9.17) is 9.15 Å². The zero-order chi connectivity index (χ0) is 14.4. The minimum absolute atomic E-state index is 0.367. The summed E-state index contributed by atoms with van der Waals surface area (Å²) in [4.78, 5) is 2.42. The monoisotopic (exact) mass is 281 g/mol. The van der Waals surface area contributed by atoms with Crippen LogP contribution in [-0.2, 0) is 11.3 Å². The summed E-state index contributed by atoms with van der Waals surface area (Å²) in [5.41, 5.74) is 0. The fourth-order valence-electron chi connectivity index (χ4n) is 2.96. The number of hydrogen-bond donors (Lipinski definition) is 1. The molecule has 0 amide bonds. The van der Waals surface area contributed by atoms with Crippen LogP contribution < -0.4 is 0 Å². The van der Waals surface area contributed by atoms with E-state index in [0.717, 1.165) is 18.8 Å². The molecule has 1 aromatic rings. The highest BCUT2D eigenvalue weighted by atomic mass is 16.5. The van der Waals surface area contributed by atoms with Gasteiger partial charge in [0.15, 0.2) is 0 Å². The van der Waals surface area contributed by atoms with Gasteiger partial charge in [-0.3, -0.25) is 4.90 Å². The molecule has 1 N–H and O–H groups in total. The maximum atomic E-state index is 10.1. The van der Waals surface area contributed by atoms with Crippen molar-refractivity contribution in [3.8, 4) is 0 Å². The van der Waals surface area contributed by atoms with Crippen LogP contribution in [0.4, 0.5) is 0 Å². The molecule has 1 fully saturated rings. The van der Waals surface area contributed by atoms with Gasteiger partial charge >= 0.3 is 0 Å². The van der Waals surface area contributed by atoms with Crippen LogP contribution in [0.25, 0.3) is 0 Å². The first-order valence-electron chi connectivity index (χ1n) is 7.67. The third-order valence-electron chi connectivity index (χ3n) is 3.82. The molecule has 20 heavy (non-hydrogen) atoms. The maximum Gasteiger partial charge on any atom is 0.129 e. The second kappa shape index (κ2) is 7.81. The highest BCUT2D eigenvalue weighted by Gasteiger charge is 2.26. The van der Waals surface area contributed by atoms with E-state index in [2.05, 4.69) is 18.7 Å². The topological polar surface area (TPSA) is 45.8 Å². The molecular weight excluding hydrogens is 254 g/mol. The van der Waals surface area contributed by atoms with Crippen molar-refractivity contribution in [3.63, 3.8) is 0 Å². The van der Waals surface area contributed by atoms with E-state index < -0.39 is 6.10 Å².